The van der Waals surface area contributed by atoms with E-state index in [1.807, 2.05) is 6.08 Å². The maximum absolute atomic E-state index is 5.23. The van der Waals surface area contributed by atoms with E-state index in [-0.39, 0.29) is 5.41 Å². The third-order valence-corrected chi connectivity index (χ3v) is 2.53. The highest BCUT2D eigenvalue weighted by molar-refractivity contribution is 5.97. The lowest BCUT2D eigenvalue weighted by molar-refractivity contribution is 0.169. The Morgan fingerprint density at radius 1 is 1.70 bits per heavy atom. The minimum atomic E-state index is 0.168. The third kappa shape index (κ3) is 2.27. The van der Waals surface area contributed by atoms with Crippen LogP contribution in [0.5, 0.6) is 0 Å². The summed E-state index contributed by atoms with van der Waals surface area (Å²) >= 11 is 0. The lowest BCUT2D eigenvalue weighted by atomic mass is 9.80. The van der Waals surface area contributed by atoms with Gasteiger partial charge in [0.1, 0.15) is 10.5 Å². The molecule has 0 aliphatic rings. The monoisotopic (exact) mass is 158 g/mol. The highest BCUT2D eigenvalue weighted by atomic mass is 28.2. The standard InChI is InChI=1S/C8H18OSi/c1-5-8(4,6-9-10)7(2)3/h5,7H,1,6H2,2-4,10H3. The quantitative estimate of drug-likeness (QED) is 0.440. The van der Waals surface area contributed by atoms with Crippen molar-refractivity contribution in [2.24, 2.45) is 11.3 Å². The first-order chi connectivity index (χ1) is 4.56. The zero-order chi connectivity index (χ0) is 8.20. The fourth-order valence-electron chi connectivity index (χ4n) is 0.772. The van der Waals surface area contributed by atoms with Crippen molar-refractivity contribution in [1.29, 1.82) is 0 Å². The molecule has 0 fully saturated rings. The Kier molecular flexibility index (Phi) is 3.90. The number of rotatable bonds is 4. The molecule has 0 spiro atoms. The van der Waals surface area contributed by atoms with Crippen LogP contribution < -0.4 is 0 Å². The van der Waals surface area contributed by atoms with Crippen molar-refractivity contribution in [3.05, 3.63) is 12.7 Å². The van der Waals surface area contributed by atoms with E-state index in [0.29, 0.717) is 5.92 Å². The van der Waals surface area contributed by atoms with Crippen LogP contribution in [0, 0.1) is 11.3 Å². The molecule has 1 nitrogen and oxygen atoms in total. The van der Waals surface area contributed by atoms with Crippen LogP contribution in [0.2, 0.25) is 0 Å². The van der Waals surface area contributed by atoms with Crippen LogP contribution in [-0.2, 0) is 4.43 Å². The van der Waals surface area contributed by atoms with Crippen molar-refractivity contribution in [2.75, 3.05) is 6.61 Å². The Labute approximate surface area is 67.0 Å². The van der Waals surface area contributed by atoms with Crippen LogP contribution in [0.25, 0.3) is 0 Å². The molecular weight excluding hydrogens is 140 g/mol. The van der Waals surface area contributed by atoms with Gasteiger partial charge in [-0.1, -0.05) is 26.8 Å². The second-order valence-corrected chi connectivity index (χ2v) is 3.88. The van der Waals surface area contributed by atoms with E-state index < -0.39 is 0 Å². The Morgan fingerprint density at radius 3 is 2.30 bits per heavy atom. The van der Waals surface area contributed by atoms with Crippen molar-refractivity contribution >= 4 is 10.5 Å². The molecule has 0 saturated carbocycles. The second kappa shape index (κ2) is 3.94. The van der Waals surface area contributed by atoms with Gasteiger partial charge in [0.25, 0.3) is 0 Å². The van der Waals surface area contributed by atoms with Crippen molar-refractivity contribution in [2.45, 2.75) is 20.8 Å². The summed E-state index contributed by atoms with van der Waals surface area (Å²) in [5.74, 6) is 0.610. The molecule has 0 aromatic rings. The predicted octanol–water partition coefficient (Wildman–Crippen LogP) is 1.13. The Morgan fingerprint density at radius 2 is 2.20 bits per heavy atom. The SMILES string of the molecule is C=CC(C)(CO[SiH3])C(C)C. The number of hydrogen-bond acceptors (Lipinski definition) is 1. The summed E-state index contributed by atoms with van der Waals surface area (Å²) in [6.07, 6.45) is 2.00. The lowest BCUT2D eigenvalue weighted by Gasteiger charge is -2.29. The third-order valence-electron chi connectivity index (χ3n) is 2.24. The van der Waals surface area contributed by atoms with Gasteiger partial charge in [-0.25, -0.2) is 0 Å². The van der Waals surface area contributed by atoms with Crippen LogP contribution in [-0.4, -0.2) is 17.1 Å². The fourth-order valence-corrected chi connectivity index (χ4v) is 1.39. The van der Waals surface area contributed by atoms with Gasteiger partial charge in [-0.3, -0.25) is 0 Å². The molecule has 0 rings (SSSR count). The van der Waals surface area contributed by atoms with E-state index in [1.54, 1.807) is 0 Å². The van der Waals surface area contributed by atoms with Gasteiger partial charge >= 0.3 is 0 Å². The summed E-state index contributed by atoms with van der Waals surface area (Å²) in [7, 11) is 0.822. The molecule has 0 bridgehead atoms. The van der Waals surface area contributed by atoms with E-state index >= 15 is 0 Å². The Balaban J connectivity index is 4.08. The minimum Gasteiger partial charge on any atom is -0.427 e. The molecule has 0 aromatic heterocycles. The van der Waals surface area contributed by atoms with Gasteiger partial charge in [-0.2, -0.15) is 0 Å². The maximum atomic E-state index is 5.23. The van der Waals surface area contributed by atoms with E-state index in [4.69, 9.17) is 4.43 Å². The highest BCUT2D eigenvalue weighted by Crippen LogP contribution is 2.27. The minimum absolute atomic E-state index is 0.168. The first-order valence-corrected chi connectivity index (χ1v) is 4.51. The van der Waals surface area contributed by atoms with Crippen LogP contribution in [0.1, 0.15) is 20.8 Å². The lowest BCUT2D eigenvalue weighted by Crippen LogP contribution is -2.26. The first-order valence-electron chi connectivity index (χ1n) is 3.69. The van der Waals surface area contributed by atoms with E-state index in [0.717, 1.165) is 17.1 Å². The largest absolute Gasteiger partial charge is 0.427 e. The molecule has 0 aromatic carbocycles. The molecule has 0 N–H and O–H groups in total. The highest BCUT2D eigenvalue weighted by Gasteiger charge is 2.23. The molecule has 10 heavy (non-hydrogen) atoms. The van der Waals surface area contributed by atoms with Crippen molar-refractivity contribution in [1.82, 2.24) is 0 Å². The molecule has 0 heterocycles. The summed E-state index contributed by atoms with van der Waals surface area (Å²) in [5.41, 5.74) is 0.168. The normalized spacial score (nSPS) is 17.2. The zero-order valence-corrected chi connectivity index (χ0v) is 9.48. The van der Waals surface area contributed by atoms with Gasteiger partial charge in [-0.15, -0.1) is 6.58 Å². The Bertz CT molecular complexity index is 112. The van der Waals surface area contributed by atoms with Gasteiger partial charge in [0.2, 0.25) is 0 Å². The van der Waals surface area contributed by atoms with Crippen molar-refractivity contribution < 1.29 is 4.43 Å². The summed E-state index contributed by atoms with van der Waals surface area (Å²) in [6.45, 7) is 11.2. The molecule has 60 valence electrons. The van der Waals surface area contributed by atoms with Gasteiger partial charge < -0.3 is 4.43 Å². The topological polar surface area (TPSA) is 9.23 Å². The molecule has 0 saturated heterocycles. The van der Waals surface area contributed by atoms with Gasteiger partial charge in [0, 0.05) is 12.0 Å². The molecule has 0 aliphatic heterocycles. The van der Waals surface area contributed by atoms with Crippen LogP contribution in [0.3, 0.4) is 0 Å². The molecule has 1 atom stereocenters. The van der Waals surface area contributed by atoms with Gasteiger partial charge in [0.15, 0.2) is 0 Å². The van der Waals surface area contributed by atoms with Crippen LogP contribution in [0.15, 0.2) is 12.7 Å². The summed E-state index contributed by atoms with van der Waals surface area (Å²) < 4.78 is 5.23. The van der Waals surface area contributed by atoms with E-state index in [9.17, 15) is 0 Å². The molecule has 0 aliphatic carbocycles. The molecule has 1 unspecified atom stereocenters. The molecule has 0 amide bonds. The van der Waals surface area contributed by atoms with Crippen molar-refractivity contribution in [3.63, 3.8) is 0 Å². The molecule has 2 heteroatoms. The van der Waals surface area contributed by atoms with Gasteiger partial charge in [-0.05, 0) is 5.92 Å². The second-order valence-electron chi connectivity index (χ2n) is 3.30. The van der Waals surface area contributed by atoms with Crippen molar-refractivity contribution in [3.8, 4) is 0 Å². The van der Waals surface area contributed by atoms with Crippen LogP contribution >= 0.6 is 0 Å². The summed E-state index contributed by atoms with van der Waals surface area (Å²) in [4.78, 5) is 0. The average molecular weight is 158 g/mol. The fraction of sp³-hybridized carbons (Fsp3) is 0.750. The smallest absolute Gasteiger partial charge is 0.146 e. The average Bonchev–Trinajstić information content (AvgIpc) is 1.88. The molecule has 0 radical (unpaired) electrons. The Hall–Kier alpha value is -0.0831. The predicted molar refractivity (Wildman–Crippen MR) is 49.0 cm³/mol. The van der Waals surface area contributed by atoms with E-state index in [2.05, 4.69) is 27.4 Å². The maximum Gasteiger partial charge on any atom is 0.146 e. The van der Waals surface area contributed by atoms with Crippen LogP contribution in [0.4, 0.5) is 0 Å². The first kappa shape index (κ1) is 9.92. The van der Waals surface area contributed by atoms with E-state index in [1.165, 1.54) is 0 Å². The number of hydrogen-bond donors (Lipinski definition) is 0. The molecular formula is C8H18OSi. The zero-order valence-electron chi connectivity index (χ0n) is 7.48. The summed E-state index contributed by atoms with van der Waals surface area (Å²) in [6, 6.07) is 0. The van der Waals surface area contributed by atoms with Gasteiger partial charge in [0.05, 0.1) is 0 Å². The summed E-state index contributed by atoms with van der Waals surface area (Å²) in [5, 5.41) is 0.